The summed E-state index contributed by atoms with van der Waals surface area (Å²) >= 11 is 0. The minimum absolute atomic E-state index is 0. The molecule has 1 heterocycles. The molecule has 0 aliphatic carbocycles. The van der Waals surface area contributed by atoms with Crippen molar-refractivity contribution >= 4 is 29.9 Å². The molecule has 0 saturated heterocycles. The van der Waals surface area contributed by atoms with Gasteiger partial charge in [-0.25, -0.2) is 4.98 Å². The summed E-state index contributed by atoms with van der Waals surface area (Å²) in [6, 6.07) is 16.6. The van der Waals surface area contributed by atoms with Crippen molar-refractivity contribution in [3.8, 4) is 5.88 Å². The first-order valence-corrected chi connectivity index (χ1v) is 9.45. The summed E-state index contributed by atoms with van der Waals surface area (Å²) in [5.41, 5.74) is 2.21. The van der Waals surface area contributed by atoms with E-state index in [4.69, 9.17) is 4.74 Å². The first kappa shape index (κ1) is 24.2. The molecular weight excluding hydrogens is 465 g/mol. The molecule has 2 N–H and O–H groups in total. The van der Waals surface area contributed by atoms with Crippen molar-refractivity contribution in [3.63, 3.8) is 0 Å². The van der Waals surface area contributed by atoms with Crippen LogP contribution in [-0.2, 0) is 6.54 Å². The standard InChI is InChI=1S/C21H31N5O.HI/c1-5-26(6-2)19(17-11-8-7-9-12-17)16-24-21(22-3)23-15-18-13-10-14-20(25-18)27-4;/h7-14,19H,5-6,15-16H2,1-4H3,(H2,22,23,24);1H. The van der Waals surface area contributed by atoms with Gasteiger partial charge in [-0.05, 0) is 24.7 Å². The fourth-order valence-corrected chi connectivity index (χ4v) is 3.06. The third kappa shape index (κ3) is 7.27. The van der Waals surface area contributed by atoms with Gasteiger partial charge in [0.15, 0.2) is 5.96 Å². The molecular formula is C21H32IN5O. The van der Waals surface area contributed by atoms with Gasteiger partial charge in [-0.3, -0.25) is 9.89 Å². The number of aliphatic imine (C=N–C) groups is 1. The number of pyridine rings is 1. The zero-order chi connectivity index (χ0) is 19.5. The summed E-state index contributed by atoms with van der Waals surface area (Å²) in [5, 5.41) is 6.78. The van der Waals surface area contributed by atoms with E-state index in [0.29, 0.717) is 12.4 Å². The van der Waals surface area contributed by atoms with E-state index >= 15 is 0 Å². The van der Waals surface area contributed by atoms with Gasteiger partial charge in [-0.2, -0.15) is 0 Å². The number of rotatable bonds is 9. The number of halogens is 1. The molecule has 2 rings (SSSR count). The number of hydrogen-bond acceptors (Lipinski definition) is 4. The summed E-state index contributed by atoms with van der Waals surface area (Å²) < 4.78 is 5.18. The molecule has 2 aromatic rings. The van der Waals surface area contributed by atoms with Crippen molar-refractivity contribution < 1.29 is 4.74 Å². The van der Waals surface area contributed by atoms with Crippen LogP contribution in [0.15, 0.2) is 53.5 Å². The van der Waals surface area contributed by atoms with Gasteiger partial charge in [0.25, 0.3) is 0 Å². The van der Waals surface area contributed by atoms with E-state index in [1.165, 1.54) is 5.56 Å². The maximum atomic E-state index is 5.18. The van der Waals surface area contributed by atoms with Gasteiger partial charge in [0, 0.05) is 19.7 Å². The Hall–Kier alpha value is -1.87. The molecule has 1 atom stereocenters. The Morgan fingerprint density at radius 3 is 2.39 bits per heavy atom. The highest BCUT2D eigenvalue weighted by atomic mass is 127. The van der Waals surface area contributed by atoms with Crippen molar-refractivity contribution in [3.05, 3.63) is 59.8 Å². The molecule has 1 aromatic heterocycles. The zero-order valence-electron chi connectivity index (χ0n) is 17.2. The van der Waals surface area contributed by atoms with Crippen LogP contribution in [0.2, 0.25) is 0 Å². The number of nitrogens with zero attached hydrogens (tertiary/aromatic N) is 3. The molecule has 6 nitrogen and oxygen atoms in total. The van der Waals surface area contributed by atoms with E-state index in [2.05, 4.69) is 69.7 Å². The summed E-state index contributed by atoms with van der Waals surface area (Å²) in [4.78, 5) is 11.2. The molecule has 0 bridgehead atoms. The lowest BCUT2D eigenvalue weighted by Gasteiger charge is -2.30. The lowest BCUT2D eigenvalue weighted by atomic mass is 10.1. The van der Waals surface area contributed by atoms with Crippen LogP contribution in [0, 0.1) is 0 Å². The van der Waals surface area contributed by atoms with Crippen LogP contribution in [0.1, 0.15) is 31.1 Å². The molecule has 0 amide bonds. The normalized spacial score (nSPS) is 12.2. The minimum Gasteiger partial charge on any atom is -0.481 e. The summed E-state index contributed by atoms with van der Waals surface area (Å²) in [6.07, 6.45) is 0. The Labute approximate surface area is 185 Å². The Kier molecular flexibility index (Phi) is 11.5. The fraction of sp³-hybridized carbons (Fsp3) is 0.429. The highest BCUT2D eigenvalue weighted by molar-refractivity contribution is 14.0. The van der Waals surface area contributed by atoms with Gasteiger partial charge in [0.2, 0.25) is 5.88 Å². The molecule has 0 radical (unpaired) electrons. The quantitative estimate of drug-likeness (QED) is 0.316. The Morgan fingerprint density at radius 2 is 1.79 bits per heavy atom. The predicted molar refractivity (Wildman–Crippen MR) is 127 cm³/mol. The molecule has 0 aliphatic heterocycles. The first-order chi connectivity index (χ1) is 13.2. The van der Waals surface area contributed by atoms with Gasteiger partial charge < -0.3 is 15.4 Å². The van der Waals surface area contributed by atoms with Crippen LogP contribution < -0.4 is 15.4 Å². The maximum Gasteiger partial charge on any atom is 0.213 e. The van der Waals surface area contributed by atoms with Crippen molar-refractivity contribution in [1.29, 1.82) is 0 Å². The Morgan fingerprint density at radius 1 is 1.07 bits per heavy atom. The SMILES string of the molecule is CCN(CC)C(CNC(=NC)NCc1cccc(OC)n1)c1ccccc1.I. The number of hydrogen-bond donors (Lipinski definition) is 2. The number of ether oxygens (including phenoxy) is 1. The van der Waals surface area contributed by atoms with Crippen LogP contribution >= 0.6 is 24.0 Å². The van der Waals surface area contributed by atoms with E-state index in [1.54, 1.807) is 14.2 Å². The van der Waals surface area contributed by atoms with Gasteiger partial charge in [0.1, 0.15) is 0 Å². The topological polar surface area (TPSA) is 61.8 Å². The molecule has 0 spiro atoms. The summed E-state index contributed by atoms with van der Waals surface area (Å²) in [7, 11) is 3.40. The van der Waals surface area contributed by atoms with Crippen LogP contribution in [0.5, 0.6) is 5.88 Å². The molecule has 1 unspecified atom stereocenters. The maximum absolute atomic E-state index is 5.18. The van der Waals surface area contributed by atoms with Gasteiger partial charge in [0.05, 0.1) is 25.4 Å². The van der Waals surface area contributed by atoms with E-state index in [1.807, 2.05) is 18.2 Å². The number of benzene rings is 1. The summed E-state index contributed by atoms with van der Waals surface area (Å²) in [5.74, 6) is 1.37. The highest BCUT2D eigenvalue weighted by Crippen LogP contribution is 2.19. The predicted octanol–water partition coefficient (Wildman–Crippen LogP) is 3.46. The molecule has 1 aromatic carbocycles. The van der Waals surface area contributed by atoms with Crippen molar-refractivity contribution in [1.82, 2.24) is 20.5 Å². The second kappa shape index (κ2) is 13.3. The third-order valence-corrected chi connectivity index (χ3v) is 4.55. The molecule has 0 aliphatic rings. The summed E-state index contributed by atoms with van der Waals surface area (Å²) in [6.45, 7) is 7.74. The average molecular weight is 497 g/mol. The number of likely N-dealkylation sites (N-methyl/N-ethyl adjacent to an activating group) is 1. The minimum atomic E-state index is 0. The molecule has 0 saturated carbocycles. The smallest absolute Gasteiger partial charge is 0.213 e. The van der Waals surface area contributed by atoms with Gasteiger partial charge >= 0.3 is 0 Å². The van der Waals surface area contributed by atoms with Crippen LogP contribution in [-0.4, -0.2) is 49.6 Å². The second-order valence-electron chi connectivity index (χ2n) is 6.13. The number of methoxy groups -OCH3 is 1. The number of aromatic nitrogens is 1. The van der Waals surface area contributed by atoms with Crippen LogP contribution in [0.25, 0.3) is 0 Å². The first-order valence-electron chi connectivity index (χ1n) is 9.45. The van der Waals surface area contributed by atoms with Crippen molar-refractivity contribution in [2.75, 3.05) is 33.8 Å². The van der Waals surface area contributed by atoms with E-state index in [9.17, 15) is 0 Å². The van der Waals surface area contributed by atoms with Crippen molar-refractivity contribution in [2.45, 2.75) is 26.4 Å². The van der Waals surface area contributed by atoms with Crippen molar-refractivity contribution in [2.24, 2.45) is 4.99 Å². The van der Waals surface area contributed by atoms with E-state index in [-0.39, 0.29) is 30.0 Å². The molecule has 28 heavy (non-hydrogen) atoms. The second-order valence-corrected chi connectivity index (χ2v) is 6.13. The molecule has 154 valence electrons. The van der Waals surface area contributed by atoms with Gasteiger partial charge in [-0.15, -0.1) is 24.0 Å². The largest absolute Gasteiger partial charge is 0.481 e. The third-order valence-electron chi connectivity index (χ3n) is 4.55. The lowest BCUT2D eigenvalue weighted by molar-refractivity contribution is 0.219. The van der Waals surface area contributed by atoms with Crippen LogP contribution in [0.3, 0.4) is 0 Å². The average Bonchev–Trinajstić information content (AvgIpc) is 2.73. The van der Waals surface area contributed by atoms with Crippen LogP contribution in [0.4, 0.5) is 0 Å². The zero-order valence-corrected chi connectivity index (χ0v) is 19.5. The van der Waals surface area contributed by atoms with Gasteiger partial charge in [-0.1, -0.05) is 50.2 Å². The number of guanidine groups is 1. The van der Waals surface area contributed by atoms with E-state index in [0.717, 1.165) is 31.3 Å². The Balaban J connectivity index is 0.00000392. The molecule has 0 fully saturated rings. The number of nitrogens with one attached hydrogen (secondary N) is 2. The Bertz CT molecular complexity index is 707. The lowest BCUT2D eigenvalue weighted by Crippen LogP contribution is -2.43. The fourth-order valence-electron chi connectivity index (χ4n) is 3.06. The van der Waals surface area contributed by atoms with E-state index < -0.39 is 0 Å². The monoisotopic (exact) mass is 497 g/mol. The molecule has 7 heteroatoms. The highest BCUT2D eigenvalue weighted by Gasteiger charge is 2.18.